The number of amides is 1. The van der Waals surface area contributed by atoms with Crippen molar-refractivity contribution in [3.8, 4) is 0 Å². The summed E-state index contributed by atoms with van der Waals surface area (Å²) >= 11 is 0. The van der Waals surface area contributed by atoms with E-state index < -0.39 is 0 Å². The summed E-state index contributed by atoms with van der Waals surface area (Å²) < 4.78 is 0. The van der Waals surface area contributed by atoms with Crippen molar-refractivity contribution < 1.29 is 4.79 Å². The molecule has 142 valence electrons. The summed E-state index contributed by atoms with van der Waals surface area (Å²) in [5.41, 5.74) is 6.34. The van der Waals surface area contributed by atoms with Crippen molar-refractivity contribution in [3.63, 3.8) is 0 Å². The molecular weight excluding hydrogens is 346 g/mol. The van der Waals surface area contributed by atoms with Gasteiger partial charge in [0.2, 0.25) is 0 Å². The Morgan fingerprint density at radius 1 is 0.679 bits per heavy atom. The third kappa shape index (κ3) is 4.30. The molecule has 0 aliphatic carbocycles. The fourth-order valence-electron chi connectivity index (χ4n) is 3.77. The van der Waals surface area contributed by atoms with Crippen LogP contribution in [0.4, 0.5) is 0 Å². The molecule has 0 saturated carbocycles. The Morgan fingerprint density at radius 2 is 1.14 bits per heavy atom. The van der Waals surface area contributed by atoms with Crippen molar-refractivity contribution in [1.82, 2.24) is 15.3 Å². The topological polar surface area (TPSA) is 35.6 Å². The lowest BCUT2D eigenvalue weighted by Crippen LogP contribution is -2.54. The number of piperazine rings is 1. The number of nitrogens with one attached hydrogen (secondary N) is 1. The van der Waals surface area contributed by atoms with Gasteiger partial charge >= 0.3 is 0 Å². The second-order valence-electron chi connectivity index (χ2n) is 7.05. The first-order chi connectivity index (χ1) is 13.8. The van der Waals surface area contributed by atoms with Crippen LogP contribution in [0.1, 0.15) is 27.5 Å². The van der Waals surface area contributed by atoms with Gasteiger partial charge in [-0.15, -0.1) is 0 Å². The highest BCUT2D eigenvalue weighted by Gasteiger charge is 2.26. The van der Waals surface area contributed by atoms with E-state index in [0.717, 1.165) is 26.2 Å². The molecule has 0 radical (unpaired) electrons. The standard InChI is InChI=1S/C24H25N3O/c28-24(22-14-8-3-9-15-22)25-27-18-16-26(17-19-27)23(20-10-4-1-5-11-20)21-12-6-2-7-13-21/h1-15,23H,16-19H2,(H,25,28). The lowest BCUT2D eigenvalue weighted by atomic mass is 9.96. The van der Waals surface area contributed by atoms with Crippen LogP contribution in [-0.2, 0) is 0 Å². The molecule has 4 nitrogen and oxygen atoms in total. The van der Waals surface area contributed by atoms with Gasteiger partial charge in [0.25, 0.3) is 5.91 Å². The van der Waals surface area contributed by atoms with Gasteiger partial charge in [-0.2, -0.15) is 0 Å². The van der Waals surface area contributed by atoms with E-state index in [-0.39, 0.29) is 11.9 Å². The third-order valence-corrected chi connectivity index (χ3v) is 5.21. The maximum Gasteiger partial charge on any atom is 0.265 e. The molecule has 1 aliphatic rings. The van der Waals surface area contributed by atoms with E-state index in [1.807, 2.05) is 35.3 Å². The highest BCUT2D eigenvalue weighted by molar-refractivity contribution is 5.93. The van der Waals surface area contributed by atoms with Crippen molar-refractivity contribution >= 4 is 5.91 Å². The zero-order valence-electron chi connectivity index (χ0n) is 15.9. The first-order valence-corrected chi connectivity index (χ1v) is 9.76. The van der Waals surface area contributed by atoms with E-state index in [9.17, 15) is 4.79 Å². The van der Waals surface area contributed by atoms with Gasteiger partial charge in [0.15, 0.2) is 0 Å². The van der Waals surface area contributed by atoms with Crippen LogP contribution in [0.5, 0.6) is 0 Å². The van der Waals surface area contributed by atoms with E-state index in [2.05, 4.69) is 71.0 Å². The summed E-state index contributed by atoms with van der Waals surface area (Å²) in [7, 11) is 0. The first-order valence-electron chi connectivity index (χ1n) is 9.76. The summed E-state index contributed by atoms with van der Waals surface area (Å²) in [6.45, 7) is 3.39. The Hall–Kier alpha value is -2.95. The SMILES string of the molecule is O=C(NN1CCN(C(c2ccccc2)c2ccccc2)CC1)c1ccccc1. The van der Waals surface area contributed by atoms with Crippen molar-refractivity contribution in [2.45, 2.75) is 6.04 Å². The summed E-state index contributed by atoms with van der Waals surface area (Å²) in [6, 6.07) is 30.9. The zero-order valence-corrected chi connectivity index (χ0v) is 15.9. The molecule has 1 aliphatic heterocycles. The van der Waals surface area contributed by atoms with Crippen LogP contribution >= 0.6 is 0 Å². The van der Waals surface area contributed by atoms with Gasteiger partial charge in [-0.05, 0) is 23.3 Å². The summed E-state index contributed by atoms with van der Waals surface area (Å²) in [5, 5.41) is 2.03. The van der Waals surface area contributed by atoms with Crippen LogP contribution in [0.25, 0.3) is 0 Å². The summed E-state index contributed by atoms with van der Waals surface area (Å²) in [4.78, 5) is 14.9. The number of nitrogens with zero attached hydrogens (tertiary/aromatic N) is 2. The average Bonchev–Trinajstić information content (AvgIpc) is 2.77. The quantitative estimate of drug-likeness (QED) is 0.742. The van der Waals surface area contributed by atoms with Crippen LogP contribution < -0.4 is 5.43 Å². The van der Waals surface area contributed by atoms with Gasteiger partial charge in [0.05, 0.1) is 6.04 Å². The molecular formula is C24H25N3O. The van der Waals surface area contributed by atoms with Crippen molar-refractivity contribution in [3.05, 3.63) is 108 Å². The highest BCUT2D eigenvalue weighted by atomic mass is 16.2. The van der Waals surface area contributed by atoms with Gasteiger partial charge in [-0.1, -0.05) is 78.9 Å². The van der Waals surface area contributed by atoms with Gasteiger partial charge in [-0.3, -0.25) is 15.1 Å². The normalized spacial score (nSPS) is 15.5. The molecule has 1 fully saturated rings. The number of hydrazine groups is 1. The van der Waals surface area contributed by atoms with Crippen molar-refractivity contribution in [1.29, 1.82) is 0 Å². The van der Waals surface area contributed by atoms with E-state index in [1.54, 1.807) is 0 Å². The Bertz CT molecular complexity index is 836. The van der Waals surface area contributed by atoms with E-state index in [0.29, 0.717) is 5.56 Å². The second-order valence-corrected chi connectivity index (χ2v) is 7.05. The molecule has 28 heavy (non-hydrogen) atoms. The van der Waals surface area contributed by atoms with E-state index in [4.69, 9.17) is 0 Å². The number of carbonyl (C=O) groups excluding carboxylic acids is 1. The Balaban J connectivity index is 1.44. The lowest BCUT2D eigenvalue weighted by Gasteiger charge is -2.39. The molecule has 0 unspecified atom stereocenters. The first kappa shape index (κ1) is 18.4. The van der Waals surface area contributed by atoms with Crippen molar-refractivity contribution in [2.75, 3.05) is 26.2 Å². The second kappa shape index (κ2) is 8.83. The largest absolute Gasteiger partial charge is 0.290 e. The fraction of sp³-hybridized carbons (Fsp3) is 0.208. The summed E-state index contributed by atoms with van der Waals surface area (Å²) in [6.07, 6.45) is 0. The van der Waals surface area contributed by atoms with Gasteiger partial charge in [0.1, 0.15) is 0 Å². The van der Waals surface area contributed by atoms with Gasteiger partial charge in [0, 0.05) is 31.7 Å². The molecule has 4 rings (SSSR count). The lowest BCUT2D eigenvalue weighted by molar-refractivity contribution is 0.0554. The molecule has 0 atom stereocenters. The highest BCUT2D eigenvalue weighted by Crippen LogP contribution is 2.29. The molecule has 3 aromatic carbocycles. The minimum atomic E-state index is -0.0447. The van der Waals surface area contributed by atoms with Crippen molar-refractivity contribution in [2.24, 2.45) is 0 Å². The summed E-state index contributed by atoms with van der Waals surface area (Å²) in [5.74, 6) is -0.0447. The molecule has 4 heteroatoms. The molecule has 0 aromatic heterocycles. The average molecular weight is 371 g/mol. The van der Waals surface area contributed by atoms with Crippen LogP contribution in [-0.4, -0.2) is 42.0 Å². The predicted octanol–water partition coefficient (Wildman–Crippen LogP) is 3.74. The van der Waals surface area contributed by atoms with Gasteiger partial charge in [-0.25, -0.2) is 5.01 Å². The fourth-order valence-corrected chi connectivity index (χ4v) is 3.77. The Labute approximate surface area is 166 Å². The van der Waals surface area contributed by atoms with Crippen LogP contribution in [0, 0.1) is 0 Å². The minimum absolute atomic E-state index is 0.0447. The molecule has 1 amide bonds. The smallest absolute Gasteiger partial charge is 0.265 e. The molecule has 0 bridgehead atoms. The maximum absolute atomic E-state index is 12.4. The molecule has 1 saturated heterocycles. The number of carbonyl (C=O) groups is 1. The van der Waals surface area contributed by atoms with Gasteiger partial charge < -0.3 is 0 Å². The number of benzene rings is 3. The molecule has 1 N–H and O–H groups in total. The third-order valence-electron chi connectivity index (χ3n) is 5.21. The van der Waals surface area contributed by atoms with Crippen LogP contribution in [0.3, 0.4) is 0 Å². The van der Waals surface area contributed by atoms with Crippen LogP contribution in [0.2, 0.25) is 0 Å². The van der Waals surface area contributed by atoms with E-state index >= 15 is 0 Å². The molecule has 3 aromatic rings. The van der Waals surface area contributed by atoms with E-state index in [1.165, 1.54) is 11.1 Å². The molecule has 0 spiro atoms. The zero-order chi connectivity index (χ0) is 19.2. The predicted molar refractivity (Wildman–Crippen MR) is 112 cm³/mol. The number of hydrogen-bond acceptors (Lipinski definition) is 3. The minimum Gasteiger partial charge on any atom is -0.290 e. The number of rotatable bonds is 5. The number of hydrogen-bond donors (Lipinski definition) is 1. The maximum atomic E-state index is 12.4. The monoisotopic (exact) mass is 371 g/mol. The Morgan fingerprint density at radius 3 is 1.64 bits per heavy atom. The van der Waals surface area contributed by atoms with Crippen LogP contribution in [0.15, 0.2) is 91.0 Å². The molecule has 1 heterocycles. The Kier molecular flexibility index (Phi) is 5.80.